The molecule has 0 aromatic rings. The molecule has 0 aliphatic carbocycles. The maximum Gasteiger partial charge on any atom is 0.306 e. The van der Waals surface area contributed by atoms with Crippen molar-refractivity contribution in [2.24, 2.45) is 0 Å². The van der Waals surface area contributed by atoms with E-state index in [0.717, 1.165) is 96.3 Å². The van der Waals surface area contributed by atoms with E-state index in [4.69, 9.17) is 14.2 Å². The molecule has 6 nitrogen and oxygen atoms in total. The molecule has 1 atom stereocenters. The van der Waals surface area contributed by atoms with Gasteiger partial charge in [-0.15, -0.1) is 0 Å². The summed E-state index contributed by atoms with van der Waals surface area (Å²) in [4.78, 5) is 38.4. The normalized spacial score (nSPS) is 12.7. The van der Waals surface area contributed by atoms with Crippen LogP contribution in [-0.2, 0) is 28.6 Å². The highest BCUT2D eigenvalue weighted by molar-refractivity contribution is 5.71. The van der Waals surface area contributed by atoms with Crippen molar-refractivity contribution in [1.29, 1.82) is 0 Å². The summed E-state index contributed by atoms with van der Waals surface area (Å²) in [6.45, 7) is 6.51. The third-order valence-corrected chi connectivity index (χ3v) is 15.5. The van der Waals surface area contributed by atoms with E-state index in [1.807, 2.05) is 0 Å². The van der Waals surface area contributed by atoms with Crippen molar-refractivity contribution in [1.82, 2.24) is 0 Å². The number of rotatable bonds is 65. The molecule has 0 amide bonds. The van der Waals surface area contributed by atoms with Gasteiger partial charge in [0.2, 0.25) is 0 Å². The molecule has 0 aliphatic rings. The van der Waals surface area contributed by atoms with Gasteiger partial charge in [-0.05, 0) is 122 Å². The van der Waals surface area contributed by atoms with E-state index in [2.05, 4.69) is 118 Å². The molecule has 478 valence electrons. The number of hydrogen-bond acceptors (Lipinski definition) is 6. The predicted molar refractivity (Wildman–Crippen MR) is 362 cm³/mol. The fourth-order valence-corrected chi connectivity index (χ4v) is 10.2. The van der Waals surface area contributed by atoms with Crippen LogP contribution in [0.5, 0.6) is 0 Å². The van der Waals surface area contributed by atoms with Gasteiger partial charge in [-0.25, -0.2) is 0 Å². The number of esters is 3. The van der Waals surface area contributed by atoms with Gasteiger partial charge in [0.1, 0.15) is 13.2 Å². The molecule has 0 aliphatic heterocycles. The van der Waals surface area contributed by atoms with Crippen LogP contribution in [0.4, 0.5) is 0 Å². The van der Waals surface area contributed by atoms with E-state index in [9.17, 15) is 14.4 Å². The van der Waals surface area contributed by atoms with Gasteiger partial charge in [0.05, 0.1) is 0 Å². The van der Waals surface area contributed by atoms with E-state index < -0.39 is 6.10 Å². The first-order valence-electron chi connectivity index (χ1n) is 35.7. The Bertz CT molecular complexity index is 1610. The van der Waals surface area contributed by atoms with Crippen LogP contribution in [0.3, 0.4) is 0 Å². The third kappa shape index (κ3) is 69.0. The Kier molecular flexibility index (Phi) is 67.7. The van der Waals surface area contributed by atoms with Crippen molar-refractivity contribution in [2.75, 3.05) is 13.2 Å². The van der Waals surface area contributed by atoms with E-state index in [-0.39, 0.29) is 31.1 Å². The van der Waals surface area contributed by atoms with Crippen molar-refractivity contribution >= 4 is 17.9 Å². The SMILES string of the molecule is CC/C=C\C/C=C\C/C=C\C/C=C\CCCCC(=O)OCC(COC(=O)CCCCCCCCCCCCCCCCCCCC/C=C\C/C=C\C/C=C\CCCCCCC)OC(=O)CCCCCCCCC/C=C\CCCCCCCC. The van der Waals surface area contributed by atoms with Crippen molar-refractivity contribution < 1.29 is 28.6 Å². The number of ether oxygens (including phenoxy) is 3. The maximum atomic E-state index is 12.9. The lowest BCUT2D eigenvalue weighted by molar-refractivity contribution is -0.167. The highest BCUT2D eigenvalue weighted by atomic mass is 16.6. The number of hydrogen-bond donors (Lipinski definition) is 0. The minimum Gasteiger partial charge on any atom is -0.462 e. The van der Waals surface area contributed by atoms with Crippen LogP contribution in [0.25, 0.3) is 0 Å². The summed E-state index contributed by atoms with van der Waals surface area (Å²) >= 11 is 0. The predicted octanol–water partition coefficient (Wildman–Crippen LogP) is 24.8. The molecule has 83 heavy (non-hydrogen) atoms. The summed E-state index contributed by atoms with van der Waals surface area (Å²) in [7, 11) is 0. The van der Waals surface area contributed by atoms with Crippen LogP contribution in [-0.4, -0.2) is 37.2 Å². The Labute approximate surface area is 515 Å². The van der Waals surface area contributed by atoms with Gasteiger partial charge in [-0.1, -0.05) is 311 Å². The molecule has 0 radical (unpaired) electrons. The molecule has 6 heteroatoms. The fraction of sp³-hybridized carbons (Fsp3) is 0.753. The van der Waals surface area contributed by atoms with Crippen molar-refractivity contribution in [2.45, 2.75) is 361 Å². The molecule has 0 saturated carbocycles. The Hall–Kier alpha value is -3.67. The molecule has 0 heterocycles. The van der Waals surface area contributed by atoms with Gasteiger partial charge in [0, 0.05) is 19.3 Å². The summed E-state index contributed by atoms with van der Waals surface area (Å²) in [6, 6.07) is 0. The Morgan fingerprint density at radius 3 is 0.771 bits per heavy atom. The van der Waals surface area contributed by atoms with Gasteiger partial charge in [0.25, 0.3) is 0 Å². The average Bonchev–Trinajstić information content (AvgIpc) is 3.49. The summed E-state index contributed by atoms with van der Waals surface area (Å²) in [5, 5.41) is 0. The van der Waals surface area contributed by atoms with Crippen LogP contribution in [0.1, 0.15) is 355 Å². The molecule has 0 fully saturated rings. The Morgan fingerprint density at radius 1 is 0.253 bits per heavy atom. The molecule has 0 rings (SSSR count). The molecular formula is C77H134O6. The van der Waals surface area contributed by atoms with Gasteiger partial charge in [-0.2, -0.15) is 0 Å². The molecule has 0 spiro atoms. The van der Waals surface area contributed by atoms with Gasteiger partial charge >= 0.3 is 17.9 Å². The highest BCUT2D eigenvalue weighted by Crippen LogP contribution is 2.17. The summed E-state index contributed by atoms with van der Waals surface area (Å²) < 4.78 is 16.9. The average molecular weight is 1160 g/mol. The number of carbonyl (C=O) groups is 3. The van der Waals surface area contributed by atoms with E-state index >= 15 is 0 Å². The zero-order valence-corrected chi connectivity index (χ0v) is 54.9. The molecule has 0 aromatic heterocycles. The second-order valence-electron chi connectivity index (χ2n) is 23.8. The topological polar surface area (TPSA) is 78.9 Å². The fourth-order valence-electron chi connectivity index (χ4n) is 10.2. The lowest BCUT2D eigenvalue weighted by atomic mass is 10.0. The first kappa shape index (κ1) is 79.3. The van der Waals surface area contributed by atoms with E-state index in [0.29, 0.717) is 19.3 Å². The van der Waals surface area contributed by atoms with Gasteiger partial charge in [0.15, 0.2) is 6.10 Å². The Morgan fingerprint density at radius 2 is 0.470 bits per heavy atom. The zero-order valence-electron chi connectivity index (χ0n) is 54.9. The third-order valence-electron chi connectivity index (χ3n) is 15.5. The molecule has 0 bridgehead atoms. The van der Waals surface area contributed by atoms with Crippen molar-refractivity contribution in [3.05, 3.63) is 97.2 Å². The van der Waals surface area contributed by atoms with Crippen LogP contribution >= 0.6 is 0 Å². The lowest BCUT2D eigenvalue weighted by Gasteiger charge is -2.18. The second-order valence-corrected chi connectivity index (χ2v) is 23.8. The quantitative estimate of drug-likeness (QED) is 0.0261. The highest BCUT2D eigenvalue weighted by Gasteiger charge is 2.19. The maximum absolute atomic E-state index is 12.9. The molecule has 0 N–H and O–H groups in total. The monoisotopic (exact) mass is 1160 g/mol. The number of allylic oxidation sites excluding steroid dienone is 16. The molecule has 0 aromatic carbocycles. The molecule has 0 saturated heterocycles. The largest absolute Gasteiger partial charge is 0.462 e. The van der Waals surface area contributed by atoms with Crippen LogP contribution in [0.2, 0.25) is 0 Å². The lowest BCUT2D eigenvalue weighted by Crippen LogP contribution is -2.30. The number of unbranched alkanes of at least 4 members (excludes halogenated alkanes) is 38. The smallest absolute Gasteiger partial charge is 0.306 e. The van der Waals surface area contributed by atoms with Gasteiger partial charge in [-0.3, -0.25) is 14.4 Å². The van der Waals surface area contributed by atoms with Crippen LogP contribution in [0.15, 0.2) is 97.2 Å². The standard InChI is InChI=1S/C77H134O6/c1-4-7-10-13-16-19-22-25-28-30-31-32-33-34-35-36-37-38-39-40-41-42-43-44-45-47-49-52-55-58-61-64-67-70-76(79)82-73-74(72-81-75(78)69-66-63-60-57-54-51-48-27-24-21-18-15-12-9-6-3)83-77(80)71-68-65-62-59-56-53-50-46-29-26-23-20-17-14-11-8-5-2/h9,12,18,21-22,25-27,29-31,33-34,48,54,57,74H,4-8,10-11,13-17,19-20,23-24,28,32,35-47,49-53,55-56,58-73H2,1-3H3/b12-9-,21-18-,25-22-,29-26-,31-30-,34-33-,48-27-,57-54-. The van der Waals surface area contributed by atoms with E-state index in [1.54, 1.807) is 0 Å². The summed E-state index contributed by atoms with van der Waals surface area (Å²) in [5.41, 5.74) is 0. The molecule has 1 unspecified atom stereocenters. The van der Waals surface area contributed by atoms with Crippen LogP contribution in [0, 0.1) is 0 Å². The van der Waals surface area contributed by atoms with Crippen LogP contribution < -0.4 is 0 Å². The first-order valence-corrected chi connectivity index (χ1v) is 35.7. The minimum atomic E-state index is -0.798. The van der Waals surface area contributed by atoms with E-state index in [1.165, 1.54) is 218 Å². The second kappa shape index (κ2) is 70.8. The summed E-state index contributed by atoms with van der Waals surface area (Å²) in [6.07, 6.45) is 95.9. The summed E-state index contributed by atoms with van der Waals surface area (Å²) in [5.74, 6) is -0.923. The minimum absolute atomic E-state index is 0.0898. The molecular weight excluding hydrogens is 1020 g/mol. The zero-order chi connectivity index (χ0) is 59.9. The van der Waals surface area contributed by atoms with Crippen molar-refractivity contribution in [3.63, 3.8) is 0 Å². The Balaban J connectivity index is 4.22. The first-order chi connectivity index (χ1) is 41.0. The van der Waals surface area contributed by atoms with Gasteiger partial charge < -0.3 is 14.2 Å². The van der Waals surface area contributed by atoms with Crippen molar-refractivity contribution in [3.8, 4) is 0 Å². The number of carbonyl (C=O) groups excluding carboxylic acids is 3.